The van der Waals surface area contributed by atoms with E-state index in [2.05, 4.69) is 31.4 Å². The van der Waals surface area contributed by atoms with Gasteiger partial charge in [0, 0.05) is 15.4 Å². The summed E-state index contributed by atoms with van der Waals surface area (Å²) in [7, 11) is 0. The number of carbonyl (C=O) groups is 2. The van der Waals surface area contributed by atoms with Crippen molar-refractivity contribution in [3.8, 4) is 22.6 Å². The molecule has 0 atom stereocenters. The predicted octanol–water partition coefficient (Wildman–Crippen LogP) is 7.63. The van der Waals surface area contributed by atoms with Gasteiger partial charge in [-0.25, -0.2) is 10.2 Å². The van der Waals surface area contributed by atoms with Crippen molar-refractivity contribution < 1.29 is 19.1 Å². The van der Waals surface area contributed by atoms with Gasteiger partial charge in [0.15, 0.2) is 11.5 Å². The van der Waals surface area contributed by atoms with Gasteiger partial charge in [-0.1, -0.05) is 70.0 Å². The van der Waals surface area contributed by atoms with Crippen LogP contribution in [0.25, 0.3) is 22.0 Å². The maximum Gasteiger partial charge on any atom is 0.343 e. The predicted molar refractivity (Wildman–Crippen MR) is 161 cm³/mol. The molecule has 5 rings (SSSR count). The van der Waals surface area contributed by atoms with E-state index in [1.165, 1.54) is 6.21 Å². The molecule has 9 heteroatoms. The molecule has 7 nitrogen and oxygen atoms in total. The number of aromatic amines is 1. The van der Waals surface area contributed by atoms with Crippen LogP contribution in [-0.4, -0.2) is 29.7 Å². The Hall–Kier alpha value is -4.40. The Bertz CT molecular complexity index is 1720. The Balaban J connectivity index is 1.36. The van der Waals surface area contributed by atoms with Crippen molar-refractivity contribution in [3.63, 3.8) is 0 Å². The number of nitrogens with one attached hydrogen (secondary N) is 2. The lowest BCUT2D eigenvalue weighted by molar-refractivity contribution is 0.0728. The van der Waals surface area contributed by atoms with Gasteiger partial charge in [-0.2, -0.15) is 5.10 Å². The molecule has 0 spiro atoms. The number of para-hydroxylation sites is 1. The minimum atomic E-state index is -0.505. The minimum Gasteiger partial charge on any atom is -0.490 e. The van der Waals surface area contributed by atoms with E-state index >= 15 is 0 Å². The van der Waals surface area contributed by atoms with E-state index in [0.717, 1.165) is 21.0 Å². The number of benzene rings is 4. The number of esters is 1. The summed E-state index contributed by atoms with van der Waals surface area (Å²) in [5.41, 5.74) is 6.26. The van der Waals surface area contributed by atoms with E-state index in [1.54, 1.807) is 48.5 Å². The first-order valence-electron chi connectivity index (χ1n) is 12.4. The highest BCUT2D eigenvalue weighted by atomic mass is 79.9. The molecular weight excluding hydrogens is 594 g/mol. The molecule has 5 aromatic rings. The van der Waals surface area contributed by atoms with E-state index in [1.807, 2.05) is 49.4 Å². The highest BCUT2D eigenvalue weighted by Gasteiger charge is 2.20. The number of rotatable bonds is 8. The zero-order chi connectivity index (χ0) is 28.1. The Morgan fingerprint density at radius 2 is 1.75 bits per heavy atom. The number of nitrogens with zero attached hydrogens (tertiary/aromatic N) is 1. The Morgan fingerprint density at radius 3 is 2.50 bits per heavy atom. The second-order valence-electron chi connectivity index (χ2n) is 8.64. The van der Waals surface area contributed by atoms with Gasteiger partial charge in [0.25, 0.3) is 5.91 Å². The standard InChI is InChI=1S/C31H23BrClN3O4/c1-2-39-26-17-19(11-16-25(26)40-31(38)21-12-14-22(32)15-13-21)18-34-36-30(37)29-27(20-7-4-3-5-8-20)23-9-6-10-24(33)28(23)35-29/h3-18,35H,2H2,1H3,(H,36,37). The van der Waals surface area contributed by atoms with Crippen LogP contribution in [0.15, 0.2) is 101 Å². The van der Waals surface area contributed by atoms with Gasteiger partial charge in [0.05, 0.1) is 28.9 Å². The topological polar surface area (TPSA) is 92.8 Å². The quantitative estimate of drug-likeness (QED) is 0.0811. The van der Waals surface area contributed by atoms with Crippen LogP contribution in [0.3, 0.4) is 0 Å². The average molecular weight is 617 g/mol. The van der Waals surface area contributed by atoms with E-state index in [4.69, 9.17) is 21.1 Å². The van der Waals surface area contributed by atoms with Crippen LogP contribution in [0.4, 0.5) is 0 Å². The SMILES string of the molecule is CCOc1cc(C=NNC(=O)c2[nH]c3c(Cl)cccc3c2-c2ccccc2)ccc1OC(=O)c1ccc(Br)cc1. The molecule has 1 heterocycles. The Labute approximate surface area is 243 Å². The molecule has 40 heavy (non-hydrogen) atoms. The van der Waals surface area contributed by atoms with Gasteiger partial charge in [-0.3, -0.25) is 4.79 Å². The highest BCUT2D eigenvalue weighted by Crippen LogP contribution is 2.35. The third-order valence-electron chi connectivity index (χ3n) is 6.00. The van der Waals surface area contributed by atoms with Gasteiger partial charge in [-0.05, 0) is 66.6 Å². The summed E-state index contributed by atoms with van der Waals surface area (Å²) in [5.74, 6) is -0.277. The van der Waals surface area contributed by atoms with E-state index in [0.29, 0.717) is 39.7 Å². The van der Waals surface area contributed by atoms with E-state index < -0.39 is 11.9 Å². The van der Waals surface area contributed by atoms with Crippen LogP contribution in [0.5, 0.6) is 11.5 Å². The Kier molecular flexibility index (Phi) is 8.28. The molecule has 0 unspecified atom stereocenters. The number of carbonyl (C=O) groups excluding carboxylic acids is 2. The molecule has 0 aliphatic rings. The second-order valence-corrected chi connectivity index (χ2v) is 9.96. The molecule has 1 amide bonds. The van der Waals surface area contributed by atoms with E-state index in [-0.39, 0.29) is 5.75 Å². The van der Waals surface area contributed by atoms with Gasteiger partial charge in [-0.15, -0.1) is 0 Å². The monoisotopic (exact) mass is 615 g/mol. The summed E-state index contributed by atoms with van der Waals surface area (Å²) in [6.45, 7) is 2.20. The van der Waals surface area contributed by atoms with Crippen LogP contribution in [-0.2, 0) is 0 Å². The van der Waals surface area contributed by atoms with Crippen molar-refractivity contribution in [2.75, 3.05) is 6.61 Å². The van der Waals surface area contributed by atoms with Crippen molar-refractivity contribution in [1.29, 1.82) is 0 Å². The maximum absolute atomic E-state index is 13.2. The Morgan fingerprint density at radius 1 is 0.975 bits per heavy atom. The van der Waals surface area contributed by atoms with E-state index in [9.17, 15) is 9.59 Å². The lowest BCUT2D eigenvalue weighted by Crippen LogP contribution is -2.18. The average Bonchev–Trinajstić information content (AvgIpc) is 3.36. The smallest absolute Gasteiger partial charge is 0.343 e. The molecule has 4 aromatic carbocycles. The summed E-state index contributed by atoms with van der Waals surface area (Å²) in [6, 6.07) is 27.0. The number of fused-ring (bicyclic) bond motifs is 1. The van der Waals surface area contributed by atoms with Crippen molar-refractivity contribution in [2.24, 2.45) is 5.10 Å². The van der Waals surface area contributed by atoms with Crippen LogP contribution in [0, 0.1) is 0 Å². The number of halogens is 2. The van der Waals surface area contributed by atoms with Crippen LogP contribution in [0.2, 0.25) is 5.02 Å². The third kappa shape index (κ3) is 5.93. The number of aromatic nitrogens is 1. The van der Waals surface area contributed by atoms with Gasteiger partial charge in [0.2, 0.25) is 0 Å². The number of hydrazone groups is 1. The van der Waals surface area contributed by atoms with Gasteiger partial charge in [0.1, 0.15) is 5.69 Å². The molecule has 0 saturated carbocycles. The van der Waals surface area contributed by atoms with Crippen molar-refractivity contribution in [2.45, 2.75) is 6.92 Å². The molecule has 2 N–H and O–H groups in total. The zero-order valence-electron chi connectivity index (χ0n) is 21.3. The van der Waals surface area contributed by atoms with Crippen molar-refractivity contribution in [3.05, 3.63) is 117 Å². The normalized spacial score (nSPS) is 11.1. The maximum atomic E-state index is 13.2. The van der Waals surface area contributed by atoms with Gasteiger partial charge < -0.3 is 14.5 Å². The first-order valence-corrected chi connectivity index (χ1v) is 13.5. The molecule has 200 valence electrons. The fourth-order valence-electron chi connectivity index (χ4n) is 4.18. The third-order valence-corrected chi connectivity index (χ3v) is 6.85. The molecule has 0 aliphatic heterocycles. The van der Waals surface area contributed by atoms with Crippen molar-refractivity contribution in [1.82, 2.24) is 10.4 Å². The van der Waals surface area contributed by atoms with Crippen LogP contribution < -0.4 is 14.9 Å². The largest absolute Gasteiger partial charge is 0.490 e. The molecule has 1 aromatic heterocycles. The first kappa shape index (κ1) is 27.2. The first-order chi connectivity index (χ1) is 19.4. The zero-order valence-corrected chi connectivity index (χ0v) is 23.6. The summed E-state index contributed by atoms with van der Waals surface area (Å²) in [4.78, 5) is 29.0. The highest BCUT2D eigenvalue weighted by molar-refractivity contribution is 9.10. The number of H-pyrrole nitrogens is 1. The minimum absolute atomic E-state index is 0.276. The summed E-state index contributed by atoms with van der Waals surface area (Å²) >= 11 is 9.76. The van der Waals surface area contributed by atoms with Gasteiger partial charge >= 0.3 is 5.97 Å². The molecular formula is C31H23BrClN3O4. The summed E-state index contributed by atoms with van der Waals surface area (Å²) in [6.07, 6.45) is 1.48. The number of amides is 1. The lowest BCUT2D eigenvalue weighted by atomic mass is 10.0. The number of hydrogen-bond acceptors (Lipinski definition) is 5. The van der Waals surface area contributed by atoms with Crippen LogP contribution in [0.1, 0.15) is 33.3 Å². The fourth-order valence-corrected chi connectivity index (χ4v) is 4.67. The second kappa shape index (κ2) is 12.2. The summed E-state index contributed by atoms with van der Waals surface area (Å²) in [5, 5.41) is 5.50. The molecule has 0 saturated heterocycles. The van der Waals surface area contributed by atoms with Crippen LogP contribution >= 0.6 is 27.5 Å². The molecule has 0 fully saturated rings. The lowest BCUT2D eigenvalue weighted by Gasteiger charge is -2.11. The summed E-state index contributed by atoms with van der Waals surface area (Å²) < 4.78 is 12.1. The van der Waals surface area contributed by atoms with Crippen molar-refractivity contribution >= 4 is 56.5 Å². The fraction of sp³-hybridized carbons (Fsp3) is 0.0645. The number of hydrogen-bond donors (Lipinski definition) is 2. The molecule has 0 aliphatic carbocycles. The number of ether oxygens (including phenoxy) is 2. The molecule has 0 bridgehead atoms. The molecule has 0 radical (unpaired) electrons.